The smallest absolute Gasteiger partial charge is 0.227 e. The van der Waals surface area contributed by atoms with E-state index in [9.17, 15) is 0 Å². The molecule has 5 nitrogen and oxygen atoms in total. The van der Waals surface area contributed by atoms with Gasteiger partial charge in [0.1, 0.15) is 5.82 Å². The number of likely N-dealkylation sites (N-methyl/N-ethyl adjacent to an activating group) is 1. The molecule has 19 heavy (non-hydrogen) atoms. The lowest BCUT2D eigenvalue weighted by Crippen LogP contribution is -2.30. The number of nitrogens with zero attached hydrogens (tertiary/aromatic N) is 4. The first-order valence-electron chi connectivity index (χ1n) is 6.70. The molecule has 2 heterocycles. The van der Waals surface area contributed by atoms with Crippen molar-refractivity contribution in [1.29, 1.82) is 0 Å². The molecule has 1 aliphatic heterocycles. The summed E-state index contributed by atoms with van der Waals surface area (Å²) in [6.45, 7) is 4.10. The van der Waals surface area contributed by atoms with E-state index in [2.05, 4.69) is 26.8 Å². The van der Waals surface area contributed by atoms with Crippen LogP contribution in [0.3, 0.4) is 0 Å². The number of benzene rings is 1. The number of anilines is 2. The summed E-state index contributed by atoms with van der Waals surface area (Å²) in [6.07, 6.45) is 1.13. The summed E-state index contributed by atoms with van der Waals surface area (Å²) in [5.41, 5.74) is 6.96. The number of hydrogen-bond acceptors (Lipinski definition) is 5. The molecule has 0 radical (unpaired) electrons. The van der Waals surface area contributed by atoms with Crippen LogP contribution >= 0.6 is 0 Å². The van der Waals surface area contributed by atoms with Gasteiger partial charge in [-0.3, -0.25) is 0 Å². The van der Waals surface area contributed by atoms with Gasteiger partial charge in [0.05, 0.1) is 5.52 Å². The Labute approximate surface area is 113 Å². The Morgan fingerprint density at radius 3 is 2.79 bits per heavy atom. The van der Waals surface area contributed by atoms with E-state index in [1.54, 1.807) is 0 Å². The Kier molecular flexibility index (Phi) is 3.21. The molecule has 1 aromatic heterocycles. The van der Waals surface area contributed by atoms with E-state index in [1.807, 2.05) is 24.3 Å². The van der Waals surface area contributed by atoms with Crippen LogP contribution in [-0.4, -0.2) is 48.1 Å². The summed E-state index contributed by atoms with van der Waals surface area (Å²) < 4.78 is 0. The maximum atomic E-state index is 6.04. The third-order valence-electron chi connectivity index (χ3n) is 3.62. The van der Waals surface area contributed by atoms with Crippen molar-refractivity contribution in [2.75, 3.05) is 43.9 Å². The van der Waals surface area contributed by atoms with Crippen LogP contribution in [0, 0.1) is 0 Å². The Bertz CT molecular complexity index is 583. The normalized spacial score (nSPS) is 17.6. The summed E-state index contributed by atoms with van der Waals surface area (Å²) in [6, 6.07) is 7.89. The lowest BCUT2D eigenvalue weighted by Gasteiger charge is -2.21. The second-order valence-corrected chi connectivity index (χ2v) is 5.07. The van der Waals surface area contributed by atoms with Gasteiger partial charge in [0.15, 0.2) is 0 Å². The minimum absolute atomic E-state index is 0.568. The van der Waals surface area contributed by atoms with Gasteiger partial charge in [-0.1, -0.05) is 12.1 Å². The molecular weight excluding hydrogens is 238 g/mol. The van der Waals surface area contributed by atoms with Crippen molar-refractivity contribution < 1.29 is 0 Å². The standard InChI is InChI=1S/C14H19N5/c1-18-7-4-8-19(10-9-18)14-16-12-6-3-2-5-11(12)13(15)17-14/h2-3,5-6H,4,7-10H2,1H3,(H2,15,16,17). The highest BCUT2D eigenvalue weighted by molar-refractivity contribution is 5.88. The SMILES string of the molecule is CN1CCCN(c2nc(N)c3ccccc3n2)CC1. The van der Waals surface area contributed by atoms with Crippen molar-refractivity contribution in [2.45, 2.75) is 6.42 Å². The topological polar surface area (TPSA) is 58.3 Å². The van der Waals surface area contributed by atoms with Crippen molar-refractivity contribution in [3.05, 3.63) is 24.3 Å². The number of aromatic nitrogens is 2. The quantitative estimate of drug-likeness (QED) is 0.835. The van der Waals surface area contributed by atoms with E-state index in [0.717, 1.165) is 49.5 Å². The summed E-state index contributed by atoms with van der Waals surface area (Å²) in [5, 5.41) is 0.929. The van der Waals surface area contributed by atoms with Crippen molar-refractivity contribution in [3.8, 4) is 0 Å². The van der Waals surface area contributed by atoms with E-state index in [4.69, 9.17) is 5.73 Å². The lowest BCUT2D eigenvalue weighted by atomic mass is 10.2. The Morgan fingerprint density at radius 2 is 1.89 bits per heavy atom. The summed E-state index contributed by atoms with van der Waals surface area (Å²) in [5.74, 6) is 1.32. The molecule has 2 aromatic rings. The van der Waals surface area contributed by atoms with Gasteiger partial charge in [0.25, 0.3) is 0 Å². The maximum Gasteiger partial charge on any atom is 0.227 e. The predicted octanol–water partition coefficient (Wildman–Crippen LogP) is 1.35. The second kappa shape index (κ2) is 5.01. The zero-order valence-electron chi connectivity index (χ0n) is 11.2. The number of nitrogens with two attached hydrogens (primary N) is 1. The molecule has 100 valence electrons. The molecule has 1 aromatic carbocycles. The third-order valence-corrected chi connectivity index (χ3v) is 3.62. The monoisotopic (exact) mass is 257 g/mol. The van der Waals surface area contributed by atoms with Crippen LogP contribution in [0.25, 0.3) is 10.9 Å². The van der Waals surface area contributed by atoms with Crippen LogP contribution in [-0.2, 0) is 0 Å². The van der Waals surface area contributed by atoms with Gasteiger partial charge in [0.2, 0.25) is 5.95 Å². The number of fused-ring (bicyclic) bond motifs is 1. The van der Waals surface area contributed by atoms with Gasteiger partial charge in [-0.2, -0.15) is 4.98 Å². The van der Waals surface area contributed by atoms with Crippen LogP contribution in [0.2, 0.25) is 0 Å². The van der Waals surface area contributed by atoms with Gasteiger partial charge in [-0.15, -0.1) is 0 Å². The van der Waals surface area contributed by atoms with E-state index < -0.39 is 0 Å². The van der Waals surface area contributed by atoms with E-state index in [-0.39, 0.29) is 0 Å². The fourth-order valence-corrected chi connectivity index (χ4v) is 2.48. The molecule has 0 unspecified atom stereocenters. The van der Waals surface area contributed by atoms with Gasteiger partial charge >= 0.3 is 0 Å². The Hall–Kier alpha value is -1.88. The molecule has 0 bridgehead atoms. The number of nitrogen functional groups attached to an aromatic ring is 1. The fourth-order valence-electron chi connectivity index (χ4n) is 2.48. The second-order valence-electron chi connectivity index (χ2n) is 5.07. The molecule has 2 N–H and O–H groups in total. The average Bonchev–Trinajstić information content (AvgIpc) is 2.63. The zero-order chi connectivity index (χ0) is 13.2. The van der Waals surface area contributed by atoms with Crippen LogP contribution in [0.4, 0.5) is 11.8 Å². The van der Waals surface area contributed by atoms with Crippen LogP contribution < -0.4 is 10.6 Å². The molecule has 3 rings (SSSR count). The van der Waals surface area contributed by atoms with Crippen LogP contribution in [0.5, 0.6) is 0 Å². The van der Waals surface area contributed by atoms with E-state index in [1.165, 1.54) is 0 Å². The van der Waals surface area contributed by atoms with Crippen molar-refractivity contribution >= 4 is 22.7 Å². The number of para-hydroxylation sites is 1. The molecule has 0 amide bonds. The van der Waals surface area contributed by atoms with Gasteiger partial charge in [-0.25, -0.2) is 4.98 Å². The highest BCUT2D eigenvalue weighted by Gasteiger charge is 2.16. The first kappa shape index (κ1) is 12.2. The molecule has 0 saturated carbocycles. The van der Waals surface area contributed by atoms with Crippen molar-refractivity contribution in [1.82, 2.24) is 14.9 Å². The minimum Gasteiger partial charge on any atom is -0.383 e. The Morgan fingerprint density at radius 1 is 1.05 bits per heavy atom. The summed E-state index contributed by atoms with van der Waals surface area (Å²) in [4.78, 5) is 13.7. The highest BCUT2D eigenvalue weighted by Crippen LogP contribution is 2.21. The van der Waals surface area contributed by atoms with Crippen LogP contribution in [0.15, 0.2) is 24.3 Å². The molecule has 1 fully saturated rings. The largest absolute Gasteiger partial charge is 0.383 e. The van der Waals surface area contributed by atoms with Crippen molar-refractivity contribution in [3.63, 3.8) is 0 Å². The zero-order valence-corrected chi connectivity index (χ0v) is 11.2. The first-order valence-corrected chi connectivity index (χ1v) is 6.70. The van der Waals surface area contributed by atoms with Gasteiger partial charge in [0, 0.05) is 25.0 Å². The van der Waals surface area contributed by atoms with E-state index >= 15 is 0 Å². The molecule has 1 aliphatic rings. The molecule has 5 heteroatoms. The third kappa shape index (κ3) is 2.46. The summed E-state index contributed by atoms with van der Waals surface area (Å²) >= 11 is 0. The van der Waals surface area contributed by atoms with Gasteiger partial charge < -0.3 is 15.5 Å². The summed E-state index contributed by atoms with van der Waals surface area (Å²) in [7, 11) is 2.15. The number of hydrogen-bond donors (Lipinski definition) is 1. The van der Waals surface area contributed by atoms with Crippen LogP contribution in [0.1, 0.15) is 6.42 Å². The Balaban J connectivity index is 1.96. The minimum atomic E-state index is 0.568. The molecule has 0 aliphatic carbocycles. The molecule has 1 saturated heterocycles. The predicted molar refractivity (Wildman–Crippen MR) is 78.3 cm³/mol. The molecule has 0 atom stereocenters. The van der Waals surface area contributed by atoms with Crippen molar-refractivity contribution in [2.24, 2.45) is 0 Å². The molecular formula is C14H19N5. The lowest BCUT2D eigenvalue weighted by molar-refractivity contribution is 0.360. The average molecular weight is 257 g/mol. The maximum absolute atomic E-state index is 6.04. The van der Waals surface area contributed by atoms with Gasteiger partial charge in [-0.05, 0) is 32.1 Å². The number of rotatable bonds is 1. The fraction of sp³-hybridized carbons (Fsp3) is 0.429. The highest BCUT2D eigenvalue weighted by atomic mass is 15.3. The van der Waals surface area contributed by atoms with E-state index in [0.29, 0.717) is 5.82 Å². The first-order chi connectivity index (χ1) is 9.24. The molecule has 0 spiro atoms.